The van der Waals surface area contributed by atoms with Gasteiger partial charge in [0.15, 0.2) is 5.96 Å². The van der Waals surface area contributed by atoms with Gasteiger partial charge in [0.2, 0.25) is 0 Å². The molecule has 3 rings (SSSR count). The summed E-state index contributed by atoms with van der Waals surface area (Å²) in [7, 11) is 0. The number of hydrogen-bond acceptors (Lipinski definition) is 4. The molecule has 1 aromatic carbocycles. The molecule has 2 heterocycles. The lowest BCUT2D eigenvalue weighted by molar-refractivity contribution is 0.0376. The third-order valence-electron chi connectivity index (χ3n) is 5.58. The number of halogens is 1. The van der Waals surface area contributed by atoms with E-state index in [1.54, 1.807) is 0 Å². The Morgan fingerprint density at radius 2 is 1.93 bits per heavy atom. The van der Waals surface area contributed by atoms with Crippen molar-refractivity contribution in [3.05, 3.63) is 35.9 Å². The summed E-state index contributed by atoms with van der Waals surface area (Å²) in [5.41, 5.74) is 1.39. The number of nitrogens with zero attached hydrogens (tertiary/aromatic N) is 3. The van der Waals surface area contributed by atoms with Crippen molar-refractivity contribution in [2.24, 2.45) is 4.99 Å². The van der Waals surface area contributed by atoms with Crippen LogP contribution >= 0.6 is 24.0 Å². The van der Waals surface area contributed by atoms with Crippen LogP contribution in [-0.2, 0) is 11.3 Å². The molecule has 164 valence electrons. The zero-order valence-corrected chi connectivity index (χ0v) is 20.1. The molecule has 2 saturated heterocycles. The van der Waals surface area contributed by atoms with Crippen LogP contribution < -0.4 is 10.6 Å². The summed E-state index contributed by atoms with van der Waals surface area (Å²) in [4.78, 5) is 9.96. The number of hydrogen-bond donors (Lipinski definition) is 2. The van der Waals surface area contributed by atoms with E-state index in [-0.39, 0.29) is 24.0 Å². The number of aliphatic imine (C=N–C) groups is 1. The van der Waals surface area contributed by atoms with Crippen LogP contribution in [0.15, 0.2) is 35.3 Å². The molecule has 0 amide bonds. The van der Waals surface area contributed by atoms with Crippen molar-refractivity contribution < 1.29 is 4.74 Å². The maximum absolute atomic E-state index is 5.41. The largest absolute Gasteiger partial charge is 0.379 e. The highest BCUT2D eigenvalue weighted by atomic mass is 127. The first-order chi connectivity index (χ1) is 13.8. The van der Waals surface area contributed by atoms with Gasteiger partial charge in [0.1, 0.15) is 0 Å². The molecule has 0 aromatic heterocycles. The molecule has 0 aliphatic carbocycles. The predicted molar refractivity (Wildman–Crippen MR) is 131 cm³/mol. The molecular weight excluding hydrogens is 477 g/mol. The van der Waals surface area contributed by atoms with E-state index < -0.39 is 0 Å². The third-order valence-corrected chi connectivity index (χ3v) is 5.58. The molecule has 2 fully saturated rings. The standard InChI is InChI=1S/C22H37N5O.HI/c1-2-23-22(24-11-7-12-26-14-16-28-17-15-26)25-18-21-10-6-13-27(21)19-20-8-4-3-5-9-20;/h3-5,8-9,21H,2,6-7,10-19H2,1H3,(H2,23,24,25);1H. The summed E-state index contributed by atoms with van der Waals surface area (Å²) >= 11 is 0. The quantitative estimate of drug-likeness (QED) is 0.229. The van der Waals surface area contributed by atoms with Crippen molar-refractivity contribution in [3.63, 3.8) is 0 Å². The number of nitrogens with one attached hydrogen (secondary N) is 2. The lowest BCUT2D eigenvalue weighted by Gasteiger charge is -2.26. The van der Waals surface area contributed by atoms with Gasteiger partial charge in [-0.2, -0.15) is 0 Å². The fourth-order valence-corrected chi connectivity index (χ4v) is 4.00. The highest BCUT2D eigenvalue weighted by molar-refractivity contribution is 14.0. The molecular formula is C22H38IN5O. The second-order valence-corrected chi connectivity index (χ2v) is 7.71. The third kappa shape index (κ3) is 8.78. The summed E-state index contributed by atoms with van der Waals surface area (Å²) in [6, 6.07) is 11.3. The molecule has 2 aliphatic rings. The van der Waals surface area contributed by atoms with E-state index in [0.29, 0.717) is 6.04 Å². The summed E-state index contributed by atoms with van der Waals surface area (Å²) in [6.45, 7) is 12.1. The van der Waals surface area contributed by atoms with E-state index in [4.69, 9.17) is 9.73 Å². The highest BCUT2D eigenvalue weighted by Crippen LogP contribution is 2.20. The Bertz CT molecular complexity index is 580. The molecule has 6 nitrogen and oxygen atoms in total. The minimum absolute atomic E-state index is 0. The van der Waals surface area contributed by atoms with Gasteiger partial charge in [0.25, 0.3) is 0 Å². The lowest BCUT2D eigenvalue weighted by atomic mass is 10.2. The summed E-state index contributed by atoms with van der Waals surface area (Å²) < 4.78 is 5.41. The summed E-state index contributed by atoms with van der Waals surface area (Å²) in [5, 5.41) is 6.91. The maximum Gasteiger partial charge on any atom is 0.191 e. The van der Waals surface area contributed by atoms with E-state index in [9.17, 15) is 0 Å². The van der Waals surface area contributed by atoms with Crippen molar-refractivity contribution in [1.82, 2.24) is 20.4 Å². The Morgan fingerprint density at radius 3 is 2.69 bits per heavy atom. The van der Waals surface area contributed by atoms with Gasteiger partial charge < -0.3 is 15.4 Å². The Hall–Kier alpha value is -0.900. The Labute approximate surface area is 193 Å². The molecule has 1 aromatic rings. The maximum atomic E-state index is 5.41. The summed E-state index contributed by atoms with van der Waals surface area (Å²) in [6.07, 6.45) is 3.65. The lowest BCUT2D eigenvalue weighted by Crippen LogP contribution is -2.41. The number of benzene rings is 1. The number of guanidine groups is 1. The van der Waals surface area contributed by atoms with E-state index in [2.05, 4.69) is 57.7 Å². The molecule has 0 radical (unpaired) electrons. The van der Waals surface area contributed by atoms with Crippen LogP contribution in [-0.4, -0.2) is 80.8 Å². The Kier molecular flexibility index (Phi) is 11.9. The van der Waals surface area contributed by atoms with Gasteiger partial charge in [-0.05, 0) is 44.8 Å². The average molecular weight is 515 g/mol. The predicted octanol–water partition coefficient (Wildman–Crippen LogP) is 2.55. The Balaban J connectivity index is 0.00000300. The van der Waals surface area contributed by atoms with Crippen molar-refractivity contribution in [2.45, 2.75) is 38.8 Å². The van der Waals surface area contributed by atoms with Crippen LogP contribution in [0.5, 0.6) is 0 Å². The highest BCUT2D eigenvalue weighted by Gasteiger charge is 2.24. The minimum Gasteiger partial charge on any atom is -0.379 e. The van der Waals surface area contributed by atoms with Crippen molar-refractivity contribution in [2.75, 3.05) is 59.0 Å². The van der Waals surface area contributed by atoms with Gasteiger partial charge in [-0.3, -0.25) is 14.8 Å². The first-order valence-electron chi connectivity index (χ1n) is 11.0. The fraction of sp³-hybridized carbons (Fsp3) is 0.682. The smallest absolute Gasteiger partial charge is 0.191 e. The normalized spacial score (nSPS) is 21.0. The molecule has 2 N–H and O–H groups in total. The van der Waals surface area contributed by atoms with Crippen molar-refractivity contribution >= 4 is 29.9 Å². The van der Waals surface area contributed by atoms with Crippen LogP contribution in [0.4, 0.5) is 0 Å². The Morgan fingerprint density at radius 1 is 1.14 bits per heavy atom. The van der Waals surface area contributed by atoms with Gasteiger partial charge >= 0.3 is 0 Å². The van der Waals surface area contributed by atoms with E-state index in [1.165, 1.54) is 24.9 Å². The topological polar surface area (TPSA) is 52.1 Å². The first-order valence-corrected chi connectivity index (χ1v) is 11.0. The van der Waals surface area contributed by atoms with Crippen molar-refractivity contribution in [3.8, 4) is 0 Å². The average Bonchev–Trinajstić information content (AvgIpc) is 3.17. The van der Waals surface area contributed by atoms with Gasteiger partial charge in [-0.1, -0.05) is 30.3 Å². The van der Waals surface area contributed by atoms with Gasteiger partial charge in [0.05, 0.1) is 19.8 Å². The number of likely N-dealkylation sites (tertiary alicyclic amines) is 1. The second kappa shape index (κ2) is 14.2. The van der Waals surface area contributed by atoms with Crippen LogP contribution in [0.2, 0.25) is 0 Å². The zero-order chi connectivity index (χ0) is 19.4. The molecule has 0 bridgehead atoms. The van der Waals surface area contributed by atoms with Crippen LogP contribution in [0.1, 0.15) is 31.7 Å². The van der Waals surface area contributed by atoms with Crippen LogP contribution in [0.3, 0.4) is 0 Å². The number of ether oxygens (including phenoxy) is 1. The monoisotopic (exact) mass is 515 g/mol. The van der Waals surface area contributed by atoms with Gasteiger partial charge in [0, 0.05) is 38.8 Å². The van der Waals surface area contributed by atoms with Crippen LogP contribution in [0.25, 0.3) is 0 Å². The van der Waals surface area contributed by atoms with E-state index in [1.807, 2.05) is 0 Å². The molecule has 29 heavy (non-hydrogen) atoms. The molecule has 2 aliphatic heterocycles. The molecule has 7 heteroatoms. The first kappa shape index (κ1) is 24.4. The van der Waals surface area contributed by atoms with Gasteiger partial charge in [-0.25, -0.2) is 0 Å². The molecule has 1 atom stereocenters. The molecule has 0 saturated carbocycles. The minimum atomic E-state index is 0. The zero-order valence-electron chi connectivity index (χ0n) is 17.8. The second-order valence-electron chi connectivity index (χ2n) is 7.71. The van der Waals surface area contributed by atoms with E-state index >= 15 is 0 Å². The fourth-order valence-electron chi connectivity index (χ4n) is 4.00. The van der Waals surface area contributed by atoms with Gasteiger partial charge in [-0.15, -0.1) is 24.0 Å². The number of rotatable bonds is 9. The van der Waals surface area contributed by atoms with E-state index in [0.717, 1.165) is 71.4 Å². The molecule has 0 spiro atoms. The summed E-state index contributed by atoms with van der Waals surface area (Å²) in [5.74, 6) is 0.955. The molecule has 1 unspecified atom stereocenters. The number of morpholine rings is 1. The van der Waals surface area contributed by atoms with Crippen molar-refractivity contribution in [1.29, 1.82) is 0 Å². The van der Waals surface area contributed by atoms with Crippen LogP contribution in [0, 0.1) is 0 Å². The SMILES string of the molecule is CCNC(=NCC1CCCN1Cc1ccccc1)NCCCN1CCOCC1.I.